The molecule has 0 atom stereocenters. The number of rotatable bonds is 4. The van der Waals surface area contributed by atoms with Crippen molar-refractivity contribution in [2.75, 3.05) is 4.72 Å². The molecule has 2 N–H and O–H groups in total. The van der Waals surface area contributed by atoms with Crippen LogP contribution in [0.25, 0.3) is 0 Å². The van der Waals surface area contributed by atoms with Crippen LogP contribution in [0.3, 0.4) is 0 Å². The van der Waals surface area contributed by atoms with Crippen molar-refractivity contribution in [2.45, 2.75) is 4.90 Å². The number of hydrogen-bond acceptors (Lipinski definition) is 3. The molecule has 1 aromatic carbocycles. The first-order valence-corrected chi connectivity index (χ1v) is 7.75. The zero-order valence-electron chi connectivity index (χ0n) is 10.4. The molecule has 6 nitrogen and oxygen atoms in total. The topological polar surface area (TPSA) is 88.4 Å². The van der Waals surface area contributed by atoms with Crippen LogP contribution in [0.2, 0.25) is 0 Å². The number of sulfonamides is 1. The summed E-state index contributed by atoms with van der Waals surface area (Å²) in [6, 6.07) is 5.85. The number of carboxylic acids is 1. The standard InChI is InChI=1S/C12H11BrN2O4S/c1-15-6-5-8(7-15)20(18,19)14-11-9(12(16)17)3-2-4-10(11)13/h2-7,14H,1H3,(H,16,17). The van der Waals surface area contributed by atoms with Gasteiger partial charge in [-0.2, -0.15) is 0 Å². The Kier molecular flexibility index (Phi) is 3.87. The highest BCUT2D eigenvalue weighted by atomic mass is 79.9. The number of aromatic nitrogens is 1. The average molecular weight is 359 g/mol. The Bertz CT molecular complexity index is 768. The van der Waals surface area contributed by atoms with E-state index in [0.29, 0.717) is 4.47 Å². The Hall–Kier alpha value is -1.80. The number of aryl methyl sites for hydroxylation is 1. The van der Waals surface area contributed by atoms with Crippen molar-refractivity contribution in [2.24, 2.45) is 7.05 Å². The molecule has 0 saturated carbocycles. The zero-order chi connectivity index (χ0) is 14.9. The summed E-state index contributed by atoms with van der Waals surface area (Å²) >= 11 is 3.15. The molecule has 0 bridgehead atoms. The third kappa shape index (κ3) is 2.86. The first-order chi connectivity index (χ1) is 9.31. The first-order valence-electron chi connectivity index (χ1n) is 5.48. The fourth-order valence-electron chi connectivity index (χ4n) is 1.64. The van der Waals surface area contributed by atoms with Gasteiger partial charge in [-0.1, -0.05) is 6.07 Å². The lowest BCUT2D eigenvalue weighted by molar-refractivity contribution is 0.0698. The van der Waals surface area contributed by atoms with Gasteiger partial charge in [0.15, 0.2) is 0 Å². The summed E-state index contributed by atoms with van der Waals surface area (Å²) in [5.41, 5.74) is -0.122. The van der Waals surface area contributed by atoms with Gasteiger partial charge in [0, 0.05) is 23.9 Å². The van der Waals surface area contributed by atoms with E-state index in [1.807, 2.05) is 0 Å². The summed E-state index contributed by atoms with van der Waals surface area (Å²) in [6.07, 6.45) is 3.02. The average Bonchev–Trinajstić information content (AvgIpc) is 2.79. The number of carbonyl (C=O) groups is 1. The third-order valence-corrected chi connectivity index (χ3v) is 4.59. The van der Waals surface area contributed by atoms with Crippen molar-refractivity contribution in [1.29, 1.82) is 0 Å². The third-order valence-electron chi connectivity index (χ3n) is 2.60. The molecule has 0 spiro atoms. The van der Waals surface area contributed by atoms with E-state index >= 15 is 0 Å². The molecule has 1 aromatic heterocycles. The summed E-state index contributed by atoms with van der Waals surface area (Å²) in [5.74, 6) is -1.21. The van der Waals surface area contributed by atoms with Gasteiger partial charge in [-0.05, 0) is 34.1 Å². The van der Waals surface area contributed by atoms with Gasteiger partial charge >= 0.3 is 5.97 Å². The second kappa shape index (κ2) is 5.29. The molecule has 106 valence electrons. The Morgan fingerprint density at radius 1 is 1.35 bits per heavy atom. The van der Waals surface area contributed by atoms with Crippen LogP contribution in [0.15, 0.2) is 46.0 Å². The monoisotopic (exact) mass is 358 g/mol. The molecule has 0 aliphatic rings. The normalized spacial score (nSPS) is 11.3. The van der Waals surface area contributed by atoms with E-state index in [1.165, 1.54) is 24.4 Å². The summed E-state index contributed by atoms with van der Waals surface area (Å²) in [4.78, 5) is 11.2. The van der Waals surface area contributed by atoms with Gasteiger partial charge in [0.05, 0.1) is 11.3 Å². The number of para-hydroxylation sites is 1. The summed E-state index contributed by atoms with van der Waals surface area (Å²) in [7, 11) is -2.14. The fraction of sp³-hybridized carbons (Fsp3) is 0.0833. The number of carboxylic acid groups (broad SMARTS) is 1. The van der Waals surface area contributed by atoms with E-state index in [4.69, 9.17) is 5.11 Å². The molecular formula is C12H11BrN2O4S. The van der Waals surface area contributed by atoms with Crippen molar-refractivity contribution in [1.82, 2.24) is 4.57 Å². The largest absolute Gasteiger partial charge is 0.478 e. The molecule has 1 heterocycles. The molecule has 20 heavy (non-hydrogen) atoms. The fourth-order valence-corrected chi connectivity index (χ4v) is 3.38. The molecule has 0 unspecified atom stereocenters. The van der Waals surface area contributed by atoms with Crippen LogP contribution >= 0.6 is 15.9 Å². The van der Waals surface area contributed by atoms with Crippen LogP contribution in [-0.4, -0.2) is 24.1 Å². The molecular weight excluding hydrogens is 348 g/mol. The maximum Gasteiger partial charge on any atom is 0.337 e. The Balaban J connectivity index is 2.47. The van der Waals surface area contributed by atoms with Gasteiger partial charge in [-0.3, -0.25) is 4.72 Å². The quantitative estimate of drug-likeness (QED) is 0.877. The van der Waals surface area contributed by atoms with E-state index in [0.717, 1.165) is 0 Å². The summed E-state index contributed by atoms with van der Waals surface area (Å²) in [5, 5.41) is 9.10. The number of hydrogen-bond donors (Lipinski definition) is 2. The number of nitrogens with one attached hydrogen (secondary N) is 1. The van der Waals surface area contributed by atoms with Crippen LogP contribution in [0.5, 0.6) is 0 Å². The second-order valence-corrected chi connectivity index (χ2v) is 6.62. The van der Waals surface area contributed by atoms with Gasteiger partial charge in [-0.15, -0.1) is 0 Å². The molecule has 2 rings (SSSR count). The maximum atomic E-state index is 12.2. The number of benzene rings is 1. The lowest BCUT2D eigenvalue weighted by Gasteiger charge is -2.11. The highest BCUT2D eigenvalue weighted by Crippen LogP contribution is 2.29. The summed E-state index contributed by atoms with van der Waals surface area (Å²) < 4.78 is 28.7. The molecule has 0 aliphatic heterocycles. The molecule has 0 radical (unpaired) electrons. The molecule has 2 aromatic rings. The lowest BCUT2D eigenvalue weighted by atomic mass is 10.2. The zero-order valence-corrected chi connectivity index (χ0v) is 12.8. The van der Waals surface area contributed by atoms with Crippen LogP contribution in [0, 0.1) is 0 Å². The van der Waals surface area contributed by atoms with Crippen LogP contribution in [-0.2, 0) is 17.1 Å². The van der Waals surface area contributed by atoms with Gasteiger partial charge in [0.2, 0.25) is 0 Å². The van der Waals surface area contributed by atoms with Crippen molar-refractivity contribution in [3.05, 3.63) is 46.7 Å². The van der Waals surface area contributed by atoms with Crippen molar-refractivity contribution < 1.29 is 18.3 Å². The Morgan fingerprint density at radius 3 is 2.60 bits per heavy atom. The number of anilines is 1. The predicted octanol–water partition coefficient (Wildman–Crippen LogP) is 2.29. The van der Waals surface area contributed by atoms with Crippen molar-refractivity contribution in [3.8, 4) is 0 Å². The van der Waals surface area contributed by atoms with E-state index in [-0.39, 0.29) is 16.1 Å². The van der Waals surface area contributed by atoms with Crippen LogP contribution in [0.1, 0.15) is 10.4 Å². The molecule has 8 heteroatoms. The highest BCUT2D eigenvalue weighted by Gasteiger charge is 2.21. The second-order valence-electron chi connectivity index (χ2n) is 4.09. The van der Waals surface area contributed by atoms with Crippen LogP contribution in [0.4, 0.5) is 5.69 Å². The first kappa shape index (κ1) is 14.6. The van der Waals surface area contributed by atoms with Crippen LogP contribution < -0.4 is 4.72 Å². The Morgan fingerprint density at radius 2 is 2.05 bits per heavy atom. The minimum absolute atomic E-state index is 0.00357. The number of halogens is 1. The molecule has 0 amide bonds. The lowest BCUT2D eigenvalue weighted by Crippen LogP contribution is -2.15. The minimum Gasteiger partial charge on any atom is -0.478 e. The summed E-state index contributed by atoms with van der Waals surface area (Å²) in [6.45, 7) is 0. The van der Waals surface area contributed by atoms with E-state index < -0.39 is 16.0 Å². The highest BCUT2D eigenvalue weighted by molar-refractivity contribution is 9.10. The van der Waals surface area contributed by atoms with Gasteiger partial charge in [0.25, 0.3) is 10.0 Å². The van der Waals surface area contributed by atoms with E-state index in [9.17, 15) is 13.2 Å². The van der Waals surface area contributed by atoms with Crippen molar-refractivity contribution in [3.63, 3.8) is 0 Å². The predicted molar refractivity (Wildman–Crippen MR) is 77.3 cm³/mol. The Labute approximate surface area is 124 Å². The number of aromatic carboxylic acids is 1. The van der Waals surface area contributed by atoms with Crippen molar-refractivity contribution >= 4 is 37.6 Å². The van der Waals surface area contributed by atoms with E-state index in [2.05, 4.69) is 20.7 Å². The SMILES string of the molecule is Cn1ccc(S(=O)(=O)Nc2c(Br)cccc2C(=O)O)c1. The number of nitrogens with zero attached hydrogens (tertiary/aromatic N) is 1. The molecule has 0 aliphatic carbocycles. The minimum atomic E-state index is -3.84. The van der Waals surface area contributed by atoms with Gasteiger partial charge < -0.3 is 9.67 Å². The smallest absolute Gasteiger partial charge is 0.337 e. The van der Waals surface area contributed by atoms with Gasteiger partial charge in [0.1, 0.15) is 4.90 Å². The molecule has 0 fully saturated rings. The van der Waals surface area contributed by atoms with Gasteiger partial charge in [-0.25, -0.2) is 13.2 Å². The van der Waals surface area contributed by atoms with E-state index in [1.54, 1.807) is 23.9 Å². The molecule has 0 saturated heterocycles. The maximum absolute atomic E-state index is 12.2.